The van der Waals surface area contributed by atoms with E-state index >= 15 is 0 Å². The van der Waals surface area contributed by atoms with Crippen molar-refractivity contribution in [2.24, 2.45) is 0 Å². The molecule has 166 valence electrons. The van der Waals surface area contributed by atoms with Crippen LogP contribution in [0.25, 0.3) is 34.0 Å². The fraction of sp³-hybridized carbons (Fsp3) is 0.167. The fourth-order valence-corrected chi connectivity index (χ4v) is 5.10. The number of para-hydroxylation sites is 2. The second-order valence-electron chi connectivity index (χ2n) is 7.52. The minimum Gasteiger partial charge on any atom is -0.457 e. The van der Waals surface area contributed by atoms with E-state index in [1.165, 1.54) is 4.31 Å². The Kier molecular flexibility index (Phi) is 5.56. The number of morpholine rings is 1. The second kappa shape index (κ2) is 8.67. The van der Waals surface area contributed by atoms with Crippen LogP contribution in [0.15, 0.2) is 70.0 Å². The van der Waals surface area contributed by atoms with E-state index in [9.17, 15) is 13.7 Å². The van der Waals surface area contributed by atoms with Gasteiger partial charge in [-0.3, -0.25) is 0 Å². The third kappa shape index (κ3) is 4.19. The Morgan fingerprint density at radius 1 is 1.06 bits per heavy atom. The van der Waals surface area contributed by atoms with Gasteiger partial charge >= 0.3 is 0 Å². The summed E-state index contributed by atoms with van der Waals surface area (Å²) in [7, 11) is -3.55. The summed E-state index contributed by atoms with van der Waals surface area (Å²) < 4.78 is 38.2. The number of allylic oxidation sites excluding steroid dienone is 1. The molecular weight excluding hydrogens is 440 g/mol. The molecule has 1 fully saturated rings. The number of aromatic nitrogens is 2. The predicted molar refractivity (Wildman–Crippen MR) is 123 cm³/mol. The number of nitrogens with one attached hydrogen (secondary N) is 1. The molecule has 0 atom stereocenters. The fourth-order valence-electron chi connectivity index (χ4n) is 3.69. The van der Waals surface area contributed by atoms with Crippen LogP contribution in [-0.4, -0.2) is 49.0 Å². The van der Waals surface area contributed by atoms with Crippen molar-refractivity contribution >= 4 is 32.7 Å². The molecule has 0 spiro atoms. The lowest BCUT2D eigenvalue weighted by Gasteiger charge is -2.26. The molecule has 0 amide bonds. The van der Waals surface area contributed by atoms with E-state index in [1.807, 2.05) is 24.3 Å². The maximum absolute atomic E-state index is 12.8. The molecule has 1 aliphatic rings. The van der Waals surface area contributed by atoms with E-state index in [0.717, 1.165) is 16.6 Å². The smallest absolute Gasteiger partial charge is 0.243 e. The number of aromatic amines is 1. The zero-order valence-corrected chi connectivity index (χ0v) is 18.4. The number of rotatable bonds is 5. The molecule has 33 heavy (non-hydrogen) atoms. The Morgan fingerprint density at radius 2 is 1.82 bits per heavy atom. The largest absolute Gasteiger partial charge is 0.457 e. The van der Waals surface area contributed by atoms with Crippen LogP contribution < -0.4 is 0 Å². The van der Waals surface area contributed by atoms with E-state index in [4.69, 9.17) is 9.15 Å². The summed E-state index contributed by atoms with van der Waals surface area (Å²) in [6.45, 7) is 1.51. The summed E-state index contributed by atoms with van der Waals surface area (Å²) in [5.74, 6) is 1.53. The first-order valence-electron chi connectivity index (χ1n) is 10.4. The first-order valence-corrected chi connectivity index (χ1v) is 11.8. The molecule has 2 aromatic carbocycles. The van der Waals surface area contributed by atoms with E-state index < -0.39 is 10.0 Å². The normalized spacial score (nSPS) is 15.5. The van der Waals surface area contributed by atoms with Gasteiger partial charge in [-0.1, -0.05) is 12.1 Å². The Morgan fingerprint density at radius 3 is 2.55 bits per heavy atom. The third-order valence-electron chi connectivity index (χ3n) is 5.42. The average molecular weight is 461 g/mol. The number of ether oxygens (including phenoxy) is 1. The van der Waals surface area contributed by atoms with E-state index in [2.05, 4.69) is 16.0 Å². The average Bonchev–Trinajstić information content (AvgIpc) is 3.50. The minimum absolute atomic E-state index is 0.233. The molecular formula is C24H20N4O4S. The van der Waals surface area contributed by atoms with Gasteiger partial charge in [0, 0.05) is 24.7 Å². The standard InChI is InChI=1S/C24H20N4O4S/c25-16-18(24-26-21-3-1-2-4-22(21)27-24)15-19-7-10-23(32-19)17-5-8-20(9-6-17)33(29,30)28-11-13-31-14-12-28/h1-10,15H,11-14H2,(H,26,27)/b18-15+. The molecule has 1 aliphatic heterocycles. The van der Waals surface area contributed by atoms with Crippen LogP contribution in [0, 0.1) is 11.3 Å². The Bertz CT molecular complexity index is 1440. The lowest BCUT2D eigenvalue weighted by Crippen LogP contribution is -2.40. The van der Waals surface area contributed by atoms with Gasteiger partial charge in [-0.2, -0.15) is 9.57 Å². The summed E-state index contributed by atoms with van der Waals surface area (Å²) in [5.41, 5.74) is 2.71. The molecule has 2 aromatic heterocycles. The van der Waals surface area contributed by atoms with E-state index in [1.54, 1.807) is 42.5 Å². The molecule has 4 aromatic rings. The van der Waals surface area contributed by atoms with Gasteiger partial charge in [-0.15, -0.1) is 0 Å². The van der Waals surface area contributed by atoms with Crippen molar-refractivity contribution in [1.82, 2.24) is 14.3 Å². The molecule has 8 nitrogen and oxygen atoms in total. The zero-order valence-electron chi connectivity index (χ0n) is 17.6. The van der Waals surface area contributed by atoms with E-state index in [0.29, 0.717) is 49.2 Å². The highest BCUT2D eigenvalue weighted by atomic mass is 32.2. The number of hydrogen-bond acceptors (Lipinski definition) is 6. The van der Waals surface area contributed by atoms with Crippen molar-refractivity contribution in [3.05, 3.63) is 72.2 Å². The first kappa shape index (κ1) is 21.2. The Labute approximate surface area is 190 Å². The monoisotopic (exact) mass is 460 g/mol. The van der Waals surface area contributed by atoms with Crippen molar-refractivity contribution in [2.75, 3.05) is 26.3 Å². The number of H-pyrrole nitrogens is 1. The number of nitriles is 1. The number of fused-ring (bicyclic) bond motifs is 1. The molecule has 9 heteroatoms. The van der Waals surface area contributed by atoms with Gasteiger partial charge in [0.05, 0.1) is 34.7 Å². The van der Waals surface area contributed by atoms with Crippen molar-refractivity contribution < 1.29 is 17.6 Å². The van der Waals surface area contributed by atoms with Crippen LogP contribution in [0.1, 0.15) is 11.6 Å². The van der Waals surface area contributed by atoms with Gasteiger partial charge < -0.3 is 14.1 Å². The molecule has 5 rings (SSSR count). The first-order chi connectivity index (χ1) is 16.0. The number of benzene rings is 2. The summed E-state index contributed by atoms with van der Waals surface area (Å²) >= 11 is 0. The third-order valence-corrected chi connectivity index (χ3v) is 7.34. The van der Waals surface area contributed by atoms with Crippen molar-refractivity contribution in [2.45, 2.75) is 4.90 Å². The van der Waals surface area contributed by atoms with Crippen molar-refractivity contribution in [3.63, 3.8) is 0 Å². The zero-order chi connectivity index (χ0) is 22.8. The van der Waals surface area contributed by atoms with Crippen LogP contribution in [-0.2, 0) is 14.8 Å². The molecule has 0 unspecified atom stereocenters. The number of nitrogens with zero attached hydrogens (tertiary/aromatic N) is 3. The highest BCUT2D eigenvalue weighted by Crippen LogP contribution is 2.27. The van der Waals surface area contributed by atoms with Crippen molar-refractivity contribution in [1.29, 1.82) is 5.26 Å². The molecule has 1 N–H and O–H groups in total. The Hall–Kier alpha value is -3.71. The van der Waals surface area contributed by atoms with Gasteiger partial charge in [0.1, 0.15) is 23.4 Å². The maximum atomic E-state index is 12.8. The lowest BCUT2D eigenvalue weighted by atomic mass is 10.2. The van der Waals surface area contributed by atoms with Crippen LogP contribution in [0.3, 0.4) is 0 Å². The molecule has 0 saturated carbocycles. The number of hydrogen-bond donors (Lipinski definition) is 1. The highest BCUT2D eigenvalue weighted by Gasteiger charge is 2.26. The van der Waals surface area contributed by atoms with Crippen LogP contribution >= 0.6 is 0 Å². The lowest BCUT2D eigenvalue weighted by molar-refractivity contribution is 0.0730. The number of imidazole rings is 1. The molecule has 1 saturated heterocycles. The summed E-state index contributed by atoms with van der Waals surface area (Å²) in [6, 6.07) is 19.8. The number of sulfonamides is 1. The van der Waals surface area contributed by atoms with Crippen molar-refractivity contribution in [3.8, 4) is 17.4 Å². The maximum Gasteiger partial charge on any atom is 0.243 e. The SMILES string of the molecule is N#C/C(=C\c1ccc(-c2ccc(S(=O)(=O)N3CCOCC3)cc2)o1)c1nc2ccccc2[nH]1. The molecule has 0 bridgehead atoms. The molecule has 0 aliphatic carbocycles. The molecule has 0 radical (unpaired) electrons. The van der Waals surface area contributed by atoms with Gasteiger partial charge in [0.25, 0.3) is 0 Å². The predicted octanol–water partition coefficient (Wildman–Crippen LogP) is 3.91. The Balaban J connectivity index is 1.38. The summed E-state index contributed by atoms with van der Waals surface area (Å²) in [4.78, 5) is 7.83. The second-order valence-corrected chi connectivity index (χ2v) is 9.45. The summed E-state index contributed by atoms with van der Waals surface area (Å²) in [5, 5.41) is 9.62. The number of furan rings is 1. The van der Waals surface area contributed by atoms with E-state index in [-0.39, 0.29) is 4.90 Å². The quantitative estimate of drug-likeness (QED) is 0.452. The topological polar surface area (TPSA) is 112 Å². The van der Waals surface area contributed by atoms with Crippen LogP contribution in [0.2, 0.25) is 0 Å². The minimum atomic E-state index is -3.55. The van der Waals surface area contributed by atoms with Gasteiger partial charge in [-0.05, 0) is 48.5 Å². The van der Waals surface area contributed by atoms with Gasteiger partial charge in [0.2, 0.25) is 10.0 Å². The highest BCUT2D eigenvalue weighted by molar-refractivity contribution is 7.89. The summed E-state index contributed by atoms with van der Waals surface area (Å²) in [6.07, 6.45) is 1.62. The molecule has 3 heterocycles. The van der Waals surface area contributed by atoms with Gasteiger partial charge in [0.15, 0.2) is 0 Å². The van der Waals surface area contributed by atoms with Crippen LogP contribution in [0.4, 0.5) is 0 Å². The van der Waals surface area contributed by atoms with Crippen LogP contribution in [0.5, 0.6) is 0 Å². The van der Waals surface area contributed by atoms with Gasteiger partial charge in [-0.25, -0.2) is 13.4 Å².